The molecule has 5 nitrogen and oxygen atoms in total. The fourth-order valence-corrected chi connectivity index (χ4v) is 3.19. The summed E-state index contributed by atoms with van der Waals surface area (Å²) in [5, 5.41) is 9.29. The average Bonchev–Trinajstić information content (AvgIpc) is 2.45. The van der Waals surface area contributed by atoms with Crippen LogP contribution in [0.3, 0.4) is 0 Å². The first-order valence-electron chi connectivity index (χ1n) is 7.72. The van der Waals surface area contributed by atoms with E-state index in [1.807, 2.05) is 17.1 Å². The second kappa shape index (κ2) is 6.18. The molecule has 0 spiro atoms. The van der Waals surface area contributed by atoms with Crippen LogP contribution in [0.2, 0.25) is 0 Å². The number of carboxylic acids is 1. The van der Waals surface area contributed by atoms with E-state index in [4.69, 9.17) is 0 Å². The van der Waals surface area contributed by atoms with Crippen LogP contribution in [0.25, 0.3) is 0 Å². The van der Waals surface area contributed by atoms with Crippen molar-refractivity contribution in [3.63, 3.8) is 0 Å². The van der Waals surface area contributed by atoms with Gasteiger partial charge < -0.3 is 10.0 Å². The van der Waals surface area contributed by atoms with Crippen LogP contribution in [0, 0.1) is 11.8 Å². The Labute approximate surface area is 126 Å². The van der Waals surface area contributed by atoms with Gasteiger partial charge in [-0.15, -0.1) is 0 Å². The summed E-state index contributed by atoms with van der Waals surface area (Å²) in [5.74, 6) is -1.80. The number of carbonyl (C=O) groups is 2. The van der Waals surface area contributed by atoms with Crippen molar-refractivity contribution < 1.29 is 14.7 Å². The molecule has 1 N–H and O–H groups in total. The Balaban J connectivity index is 1.98. The summed E-state index contributed by atoms with van der Waals surface area (Å²) in [6.07, 6.45) is 4.83. The number of carboxylic acid groups (broad SMARTS) is 1. The van der Waals surface area contributed by atoms with Crippen LogP contribution in [-0.2, 0) is 9.59 Å². The number of amides is 1. The van der Waals surface area contributed by atoms with Crippen molar-refractivity contribution in [1.82, 2.24) is 9.80 Å². The zero-order chi connectivity index (χ0) is 15.6. The van der Waals surface area contributed by atoms with Crippen molar-refractivity contribution in [2.45, 2.75) is 39.2 Å². The van der Waals surface area contributed by atoms with Gasteiger partial charge in [0.1, 0.15) is 0 Å². The van der Waals surface area contributed by atoms with Gasteiger partial charge in [0.15, 0.2) is 0 Å². The van der Waals surface area contributed by atoms with Crippen LogP contribution in [0.15, 0.2) is 12.2 Å². The van der Waals surface area contributed by atoms with E-state index in [0.717, 1.165) is 13.1 Å². The molecule has 1 aliphatic carbocycles. The van der Waals surface area contributed by atoms with Gasteiger partial charge in [-0.3, -0.25) is 14.5 Å². The lowest BCUT2D eigenvalue weighted by atomic mass is 9.82. The number of piperazine rings is 1. The van der Waals surface area contributed by atoms with Crippen molar-refractivity contribution in [3.8, 4) is 0 Å². The van der Waals surface area contributed by atoms with E-state index in [0.29, 0.717) is 25.9 Å². The highest BCUT2D eigenvalue weighted by Gasteiger charge is 2.37. The lowest BCUT2D eigenvalue weighted by Crippen LogP contribution is -2.56. The molecule has 0 saturated carbocycles. The van der Waals surface area contributed by atoms with Crippen LogP contribution in [-0.4, -0.2) is 58.5 Å². The van der Waals surface area contributed by atoms with E-state index in [9.17, 15) is 14.7 Å². The third kappa shape index (κ3) is 3.64. The van der Waals surface area contributed by atoms with Crippen LogP contribution in [0.1, 0.15) is 33.6 Å². The molecular weight excluding hydrogens is 268 g/mol. The average molecular weight is 294 g/mol. The van der Waals surface area contributed by atoms with Crippen molar-refractivity contribution >= 4 is 11.9 Å². The SMILES string of the molecule is CC(C)(C)N1CCN(C(=O)C2CC=CCC2C(=O)O)CC1. The summed E-state index contributed by atoms with van der Waals surface area (Å²) in [6, 6.07) is 0. The molecular formula is C16H26N2O3. The molecule has 1 heterocycles. The quantitative estimate of drug-likeness (QED) is 0.786. The van der Waals surface area contributed by atoms with Gasteiger partial charge in [0.05, 0.1) is 11.8 Å². The summed E-state index contributed by atoms with van der Waals surface area (Å²) in [6.45, 7) is 9.64. The van der Waals surface area contributed by atoms with Crippen LogP contribution in [0.4, 0.5) is 0 Å². The zero-order valence-corrected chi connectivity index (χ0v) is 13.2. The summed E-state index contributed by atoms with van der Waals surface area (Å²) >= 11 is 0. The largest absolute Gasteiger partial charge is 0.481 e. The van der Waals surface area contributed by atoms with Crippen LogP contribution in [0.5, 0.6) is 0 Å². The van der Waals surface area contributed by atoms with Crippen LogP contribution >= 0.6 is 0 Å². The first-order valence-corrected chi connectivity index (χ1v) is 7.72. The third-order valence-corrected chi connectivity index (χ3v) is 4.61. The lowest BCUT2D eigenvalue weighted by Gasteiger charge is -2.43. The normalized spacial score (nSPS) is 27.7. The molecule has 0 aromatic carbocycles. The number of nitrogens with zero attached hydrogens (tertiary/aromatic N) is 2. The zero-order valence-electron chi connectivity index (χ0n) is 13.2. The Hall–Kier alpha value is -1.36. The Bertz CT molecular complexity index is 431. The number of allylic oxidation sites excluding steroid dienone is 2. The molecule has 2 atom stereocenters. The van der Waals surface area contributed by atoms with Gasteiger partial charge in [-0.2, -0.15) is 0 Å². The fraction of sp³-hybridized carbons (Fsp3) is 0.750. The molecule has 2 aliphatic rings. The number of aliphatic carboxylic acids is 1. The second-order valence-corrected chi connectivity index (χ2v) is 6.98. The predicted molar refractivity (Wildman–Crippen MR) is 80.9 cm³/mol. The van der Waals surface area contributed by atoms with Crippen LogP contribution < -0.4 is 0 Å². The van der Waals surface area contributed by atoms with Gasteiger partial charge in [-0.25, -0.2) is 0 Å². The molecule has 1 fully saturated rings. The van der Waals surface area contributed by atoms with E-state index in [1.54, 1.807) is 0 Å². The highest BCUT2D eigenvalue weighted by molar-refractivity contribution is 5.85. The summed E-state index contributed by atoms with van der Waals surface area (Å²) in [4.78, 5) is 28.2. The summed E-state index contributed by atoms with van der Waals surface area (Å²) in [7, 11) is 0. The van der Waals surface area contributed by atoms with Crippen molar-refractivity contribution in [2.24, 2.45) is 11.8 Å². The van der Waals surface area contributed by atoms with Gasteiger partial charge >= 0.3 is 5.97 Å². The summed E-state index contributed by atoms with van der Waals surface area (Å²) in [5.41, 5.74) is 0.117. The topological polar surface area (TPSA) is 60.9 Å². The Morgan fingerprint density at radius 2 is 1.52 bits per heavy atom. The summed E-state index contributed by atoms with van der Waals surface area (Å²) < 4.78 is 0. The van der Waals surface area contributed by atoms with E-state index < -0.39 is 17.8 Å². The number of hydrogen-bond donors (Lipinski definition) is 1. The molecule has 2 rings (SSSR count). The maximum Gasteiger partial charge on any atom is 0.307 e. The number of carbonyl (C=O) groups excluding carboxylic acids is 1. The van der Waals surface area contributed by atoms with Gasteiger partial charge in [-0.05, 0) is 33.6 Å². The molecule has 1 aliphatic heterocycles. The minimum absolute atomic E-state index is 0.0142. The van der Waals surface area contributed by atoms with Gasteiger partial charge in [0.25, 0.3) is 0 Å². The van der Waals surface area contributed by atoms with E-state index in [1.165, 1.54) is 0 Å². The Kier molecular flexibility index (Phi) is 4.71. The molecule has 0 aromatic rings. The Morgan fingerprint density at radius 1 is 1.00 bits per heavy atom. The van der Waals surface area contributed by atoms with Crippen molar-refractivity contribution in [1.29, 1.82) is 0 Å². The minimum atomic E-state index is -0.856. The molecule has 21 heavy (non-hydrogen) atoms. The standard InChI is InChI=1S/C16H26N2O3/c1-16(2,3)18-10-8-17(9-11-18)14(19)12-6-4-5-7-13(12)15(20)21/h4-5,12-13H,6-11H2,1-3H3,(H,20,21). The van der Waals surface area contributed by atoms with E-state index >= 15 is 0 Å². The van der Waals surface area contributed by atoms with E-state index in [-0.39, 0.29) is 11.4 Å². The number of hydrogen-bond acceptors (Lipinski definition) is 3. The highest BCUT2D eigenvalue weighted by atomic mass is 16.4. The number of rotatable bonds is 2. The maximum atomic E-state index is 12.6. The maximum absolute atomic E-state index is 12.6. The minimum Gasteiger partial charge on any atom is -0.481 e. The lowest BCUT2D eigenvalue weighted by molar-refractivity contribution is -0.151. The Morgan fingerprint density at radius 3 is 2.00 bits per heavy atom. The van der Waals surface area contributed by atoms with Gasteiger partial charge in [-0.1, -0.05) is 12.2 Å². The highest BCUT2D eigenvalue weighted by Crippen LogP contribution is 2.28. The molecule has 1 amide bonds. The van der Waals surface area contributed by atoms with E-state index in [2.05, 4.69) is 25.7 Å². The predicted octanol–water partition coefficient (Wildman–Crippen LogP) is 1.60. The first-order chi connectivity index (χ1) is 9.80. The molecule has 0 radical (unpaired) electrons. The van der Waals surface area contributed by atoms with Gasteiger partial charge in [0.2, 0.25) is 5.91 Å². The molecule has 118 valence electrons. The monoisotopic (exact) mass is 294 g/mol. The first kappa shape index (κ1) is 16.0. The molecule has 2 unspecified atom stereocenters. The molecule has 5 heteroatoms. The van der Waals surface area contributed by atoms with Crippen molar-refractivity contribution in [3.05, 3.63) is 12.2 Å². The third-order valence-electron chi connectivity index (χ3n) is 4.61. The molecule has 1 saturated heterocycles. The van der Waals surface area contributed by atoms with Gasteiger partial charge in [0, 0.05) is 31.7 Å². The van der Waals surface area contributed by atoms with Crippen molar-refractivity contribution in [2.75, 3.05) is 26.2 Å². The second-order valence-electron chi connectivity index (χ2n) is 6.98. The smallest absolute Gasteiger partial charge is 0.307 e. The molecule has 0 bridgehead atoms. The molecule has 0 aromatic heterocycles. The fourth-order valence-electron chi connectivity index (χ4n) is 3.19.